The van der Waals surface area contributed by atoms with Crippen molar-refractivity contribution in [2.24, 2.45) is 27.7 Å². The fourth-order valence-electron chi connectivity index (χ4n) is 10.4. The van der Waals surface area contributed by atoms with E-state index in [1.165, 1.54) is 39.8 Å². The standard InChI is InChI=1S/C49H63N3O15/c1-26(52-50)17-16-22-34(55)64-38(36(29-18-12-10-13-19-29)51-44(60)67-45(4,5)6)43(59)63-31-24-49(61)41(65-42(58)30-20-14-11-15-21-30)39-47(9,40(57)37(56)35(27(31)2)46(49,7)8)32(54)23-33-48(39,25-62-33)66-28(3)53/h10-15,18-21,31-33,36-39,41,54,56,61H,16-17,22-25,50H2,1-9H3,(H,51,60)/b52-26+/t31-,32-,33?,36-,37+,38+,39-,41-,47+,48-,49+/m0/s1. The van der Waals surface area contributed by atoms with Crippen molar-refractivity contribution in [2.75, 3.05) is 6.61 Å². The zero-order chi connectivity index (χ0) is 49.4. The van der Waals surface area contributed by atoms with Gasteiger partial charge in [-0.3, -0.25) is 14.4 Å². The van der Waals surface area contributed by atoms with Crippen LogP contribution in [0.15, 0.2) is 76.9 Å². The number of rotatable bonds is 13. The lowest BCUT2D eigenvalue weighted by Crippen LogP contribution is -2.81. The SMILES string of the molecule is CC(=O)O[C@@]12COC1C[C@H](O)[C@@]1(C)C(=O)[C@H](O)C3=C(C)[C@@H](OC(=O)[C@H](OC(=O)CCC/C(C)=N/N)[C@@H](NC(=O)OC(C)(C)C)c4ccccc4)C[C@@](O)([C@@H](OC(=O)c4ccccc4)[C@@H]12)C3(C)C. The zero-order valence-corrected chi connectivity index (χ0v) is 39.4. The number of nitrogens with two attached hydrogens (primary N) is 1. The Labute approximate surface area is 389 Å². The lowest BCUT2D eigenvalue weighted by atomic mass is 9.44. The molecule has 0 aromatic heterocycles. The summed E-state index contributed by atoms with van der Waals surface area (Å²) in [6.07, 6.45) is -11.3. The third kappa shape index (κ3) is 9.58. The van der Waals surface area contributed by atoms with E-state index in [0.717, 1.165) is 6.92 Å². The van der Waals surface area contributed by atoms with Crippen LogP contribution in [-0.4, -0.2) is 117 Å². The number of nitrogens with zero attached hydrogens (tertiary/aromatic N) is 1. The Morgan fingerprint density at radius 1 is 0.955 bits per heavy atom. The molecule has 18 nitrogen and oxygen atoms in total. The molecule has 1 amide bonds. The number of carbonyl (C=O) groups is 6. The summed E-state index contributed by atoms with van der Waals surface area (Å²) in [6.45, 7) is 13.4. The van der Waals surface area contributed by atoms with E-state index in [9.17, 15) is 39.3 Å². The summed E-state index contributed by atoms with van der Waals surface area (Å²) < 4.78 is 36.0. The molecule has 4 aliphatic rings. The van der Waals surface area contributed by atoms with Crippen molar-refractivity contribution in [3.63, 3.8) is 0 Å². The highest BCUT2D eigenvalue weighted by atomic mass is 16.6. The van der Waals surface area contributed by atoms with E-state index in [0.29, 0.717) is 17.7 Å². The number of aliphatic hydroxyl groups is 3. The van der Waals surface area contributed by atoms with Crippen molar-refractivity contribution in [3.8, 4) is 0 Å². The van der Waals surface area contributed by atoms with Crippen LogP contribution in [-0.2, 0) is 47.6 Å². The van der Waals surface area contributed by atoms with Gasteiger partial charge in [-0.25, -0.2) is 14.4 Å². The van der Waals surface area contributed by atoms with Crippen LogP contribution in [0.1, 0.15) is 116 Å². The quantitative estimate of drug-likeness (QED) is 0.0468. The molecular weight excluding hydrogens is 871 g/mol. The highest BCUT2D eigenvalue weighted by molar-refractivity contribution is 5.94. The van der Waals surface area contributed by atoms with E-state index in [2.05, 4.69) is 10.4 Å². The molecule has 2 aromatic rings. The van der Waals surface area contributed by atoms with Crippen LogP contribution in [0.2, 0.25) is 0 Å². The molecule has 2 saturated carbocycles. The summed E-state index contributed by atoms with van der Waals surface area (Å²) in [6, 6.07) is 14.6. The van der Waals surface area contributed by atoms with Crippen LogP contribution in [0, 0.1) is 16.7 Å². The number of hydrazone groups is 1. The molecule has 6 rings (SSSR count). The smallest absolute Gasteiger partial charge is 0.408 e. The number of amides is 1. The zero-order valence-electron chi connectivity index (χ0n) is 39.4. The number of ether oxygens (including phenoxy) is 6. The highest BCUT2D eigenvalue weighted by Crippen LogP contribution is 2.64. The minimum absolute atomic E-state index is 0.0589. The van der Waals surface area contributed by atoms with Gasteiger partial charge in [-0.05, 0) is 83.2 Å². The number of hydrogen-bond donors (Lipinski definition) is 5. The maximum absolute atomic E-state index is 15.2. The number of hydrogen-bond acceptors (Lipinski definition) is 17. The number of esters is 4. The van der Waals surface area contributed by atoms with Gasteiger partial charge in [0, 0.05) is 37.3 Å². The number of benzene rings is 2. The summed E-state index contributed by atoms with van der Waals surface area (Å²) >= 11 is 0. The first-order valence-electron chi connectivity index (χ1n) is 22.4. The second-order valence-corrected chi connectivity index (χ2v) is 19.8. The van der Waals surface area contributed by atoms with Gasteiger partial charge in [0.25, 0.3) is 0 Å². The number of carbonyl (C=O) groups excluding carboxylic acids is 6. The molecule has 67 heavy (non-hydrogen) atoms. The van der Waals surface area contributed by atoms with E-state index < -0.39 is 118 Å². The fourth-order valence-corrected chi connectivity index (χ4v) is 10.4. The van der Waals surface area contributed by atoms with Gasteiger partial charge in [-0.15, -0.1) is 0 Å². The van der Waals surface area contributed by atoms with Crippen LogP contribution in [0.4, 0.5) is 4.79 Å². The summed E-state index contributed by atoms with van der Waals surface area (Å²) in [4.78, 5) is 84.6. The first kappa shape index (κ1) is 50.7. The number of Topliss-reactive ketones (excluding diaryl/α,β-unsaturated/α-hetero) is 1. The molecule has 3 aliphatic carbocycles. The second kappa shape index (κ2) is 19.1. The number of fused-ring (bicyclic) bond motifs is 5. The van der Waals surface area contributed by atoms with Gasteiger partial charge in [0.15, 0.2) is 11.4 Å². The van der Waals surface area contributed by atoms with E-state index in [1.54, 1.807) is 76.2 Å². The van der Waals surface area contributed by atoms with Crippen LogP contribution in [0.25, 0.3) is 0 Å². The molecule has 0 radical (unpaired) electrons. The summed E-state index contributed by atoms with van der Waals surface area (Å²) in [7, 11) is 0. The molecule has 6 N–H and O–H groups in total. The van der Waals surface area contributed by atoms with Gasteiger partial charge < -0.3 is 54.9 Å². The molecule has 2 bridgehead atoms. The van der Waals surface area contributed by atoms with E-state index in [4.69, 9.17) is 34.3 Å². The predicted molar refractivity (Wildman–Crippen MR) is 239 cm³/mol. The average Bonchev–Trinajstić information content (AvgIpc) is 3.25. The van der Waals surface area contributed by atoms with Crippen molar-refractivity contribution in [2.45, 2.75) is 154 Å². The van der Waals surface area contributed by atoms with Crippen molar-refractivity contribution in [1.82, 2.24) is 5.32 Å². The Morgan fingerprint density at radius 3 is 2.15 bits per heavy atom. The van der Waals surface area contributed by atoms with Crippen molar-refractivity contribution < 1.29 is 72.5 Å². The molecule has 11 atom stereocenters. The van der Waals surface area contributed by atoms with Crippen LogP contribution < -0.4 is 11.2 Å². The highest BCUT2D eigenvalue weighted by Gasteiger charge is 2.78. The molecule has 0 spiro atoms. The molecule has 1 aliphatic heterocycles. The van der Waals surface area contributed by atoms with Crippen molar-refractivity contribution in [1.29, 1.82) is 0 Å². The van der Waals surface area contributed by atoms with Gasteiger partial charge >= 0.3 is 30.0 Å². The lowest BCUT2D eigenvalue weighted by molar-refractivity contribution is -0.346. The summed E-state index contributed by atoms with van der Waals surface area (Å²) in [5, 5.41) is 44.4. The minimum Gasteiger partial charge on any atom is -0.455 e. The van der Waals surface area contributed by atoms with Gasteiger partial charge in [0.2, 0.25) is 6.10 Å². The largest absolute Gasteiger partial charge is 0.455 e. The Morgan fingerprint density at radius 2 is 1.58 bits per heavy atom. The first-order valence-corrected chi connectivity index (χ1v) is 22.4. The number of nitrogens with one attached hydrogen (secondary N) is 1. The van der Waals surface area contributed by atoms with Crippen molar-refractivity contribution in [3.05, 3.63) is 82.9 Å². The molecule has 364 valence electrons. The maximum atomic E-state index is 15.2. The second-order valence-electron chi connectivity index (χ2n) is 19.8. The Kier molecular flexibility index (Phi) is 14.5. The molecule has 18 heteroatoms. The third-order valence-corrected chi connectivity index (χ3v) is 13.9. The average molecular weight is 934 g/mol. The Bertz CT molecular complexity index is 2290. The molecular formula is C49H63N3O15. The topological polar surface area (TPSA) is 269 Å². The Balaban J connectivity index is 1.51. The maximum Gasteiger partial charge on any atom is 0.408 e. The molecule has 1 heterocycles. The fraction of sp³-hybridized carbons (Fsp3) is 0.571. The molecule has 1 unspecified atom stereocenters. The monoisotopic (exact) mass is 933 g/mol. The van der Waals surface area contributed by atoms with Crippen LogP contribution >= 0.6 is 0 Å². The minimum atomic E-state index is -2.42. The van der Waals surface area contributed by atoms with Crippen LogP contribution in [0.3, 0.4) is 0 Å². The number of ketones is 1. The normalized spacial score (nSPS) is 30.9. The van der Waals surface area contributed by atoms with Gasteiger partial charge in [-0.2, -0.15) is 5.10 Å². The van der Waals surface area contributed by atoms with E-state index >= 15 is 4.79 Å². The first-order chi connectivity index (χ1) is 31.3. The molecule has 3 fully saturated rings. The van der Waals surface area contributed by atoms with Crippen molar-refractivity contribution >= 4 is 41.5 Å². The van der Waals surface area contributed by atoms with E-state index in [-0.39, 0.29) is 42.6 Å². The number of alkyl carbamates (subject to hydrolysis) is 1. The van der Waals surface area contributed by atoms with Gasteiger partial charge in [-0.1, -0.05) is 62.4 Å². The van der Waals surface area contributed by atoms with Crippen LogP contribution in [0.5, 0.6) is 0 Å². The lowest BCUT2D eigenvalue weighted by Gasteiger charge is -2.67. The predicted octanol–water partition coefficient (Wildman–Crippen LogP) is 4.32. The van der Waals surface area contributed by atoms with Gasteiger partial charge in [0.1, 0.15) is 41.7 Å². The summed E-state index contributed by atoms with van der Waals surface area (Å²) in [5.41, 5.74) is -7.95. The number of aliphatic hydroxyl groups excluding tert-OH is 2. The third-order valence-electron chi connectivity index (χ3n) is 13.9. The van der Waals surface area contributed by atoms with E-state index in [1.807, 2.05) is 0 Å². The van der Waals surface area contributed by atoms with Gasteiger partial charge in [0.05, 0.1) is 29.6 Å². The molecule has 2 aromatic carbocycles. The molecule has 1 saturated heterocycles. The Hall–Kier alpha value is -5.69. The summed E-state index contributed by atoms with van der Waals surface area (Å²) in [5.74, 6) is -0.906.